The van der Waals surface area contributed by atoms with E-state index < -0.39 is 28.5 Å². The number of nitrogens with zero attached hydrogens (tertiary/aromatic N) is 2. The molecule has 1 aliphatic rings. The van der Waals surface area contributed by atoms with Gasteiger partial charge >= 0.3 is 0 Å². The molecule has 2 amide bonds. The molecule has 1 saturated carbocycles. The Kier molecular flexibility index (Phi) is 10.6. The highest BCUT2D eigenvalue weighted by atomic mass is 32.2. The number of anilines is 1. The number of rotatable bonds is 13. The highest BCUT2D eigenvalue weighted by Crippen LogP contribution is 2.26. The SMILES string of the molecule is CCOc1ccc(S(=O)(=O)N(CC(=O)N(Cc2cccc(C)c2)[C@@H](CC)C(=O)NC2CCCC2)c2ccccc2)cc1. The van der Waals surface area contributed by atoms with Gasteiger partial charge in [-0.25, -0.2) is 8.42 Å². The van der Waals surface area contributed by atoms with Crippen LogP contribution < -0.4 is 14.4 Å². The molecular weight excluding hydrogens is 550 g/mol. The Morgan fingerprint density at radius 2 is 1.64 bits per heavy atom. The van der Waals surface area contributed by atoms with Gasteiger partial charge in [-0.1, -0.05) is 67.8 Å². The molecule has 3 aromatic rings. The van der Waals surface area contributed by atoms with E-state index in [2.05, 4.69) is 5.32 Å². The van der Waals surface area contributed by atoms with Crippen molar-refractivity contribution < 1.29 is 22.7 Å². The fraction of sp³-hybridized carbons (Fsp3) is 0.394. The summed E-state index contributed by atoms with van der Waals surface area (Å²) < 4.78 is 34.6. The summed E-state index contributed by atoms with van der Waals surface area (Å²) in [5, 5.41) is 3.14. The zero-order valence-corrected chi connectivity index (χ0v) is 25.5. The molecule has 1 aliphatic carbocycles. The van der Waals surface area contributed by atoms with Crippen LogP contribution in [-0.2, 0) is 26.2 Å². The second-order valence-electron chi connectivity index (χ2n) is 10.7. The normalized spacial score (nSPS) is 14.3. The number of amides is 2. The molecule has 0 aliphatic heterocycles. The smallest absolute Gasteiger partial charge is 0.264 e. The molecule has 0 aromatic heterocycles. The van der Waals surface area contributed by atoms with E-state index in [1.807, 2.05) is 45.0 Å². The number of para-hydroxylation sites is 1. The molecule has 0 heterocycles. The number of carbonyl (C=O) groups is 2. The summed E-state index contributed by atoms with van der Waals surface area (Å²) in [4.78, 5) is 29.3. The Morgan fingerprint density at radius 3 is 2.26 bits per heavy atom. The van der Waals surface area contributed by atoms with Gasteiger partial charge in [0.25, 0.3) is 10.0 Å². The van der Waals surface area contributed by atoms with E-state index in [-0.39, 0.29) is 23.4 Å². The van der Waals surface area contributed by atoms with E-state index in [0.29, 0.717) is 24.5 Å². The minimum absolute atomic E-state index is 0.0406. The van der Waals surface area contributed by atoms with Crippen molar-refractivity contribution in [1.29, 1.82) is 0 Å². The van der Waals surface area contributed by atoms with Crippen LogP contribution in [0.5, 0.6) is 5.75 Å². The first-order valence-corrected chi connectivity index (χ1v) is 16.1. The molecule has 0 saturated heterocycles. The summed E-state index contributed by atoms with van der Waals surface area (Å²) in [6.07, 6.45) is 4.39. The van der Waals surface area contributed by atoms with Gasteiger partial charge in [0.1, 0.15) is 18.3 Å². The zero-order valence-electron chi connectivity index (χ0n) is 24.7. The number of benzene rings is 3. The van der Waals surface area contributed by atoms with Crippen molar-refractivity contribution >= 4 is 27.5 Å². The summed E-state index contributed by atoms with van der Waals surface area (Å²) in [6, 6.07) is 21.9. The number of aryl methyl sites for hydroxylation is 1. The average molecular weight is 592 g/mol. The van der Waals surface area contributed by atoms with Gasteiger partial charge in [-0.05, 0) is 75.1 Å². The standard InChI is InChI=1S/C33H41N3O5S/c1-4-31(33(38)34-27-14-9-10-15-27)35(23-26-13-11-12-25(3)22-26)32(37)24-36(28-16-7-6-8-17-28)42(39,40)30-20-18-29(19-21-30)41-5-2/h6-8,11-13,16-22,27,31H,4-5,9-10,14-15,23-24H2,1-3H3,(H,34,38)/t31-/m0/s1. The lowest BCUT2D eigenvalue weighted by Crippen LogP contribution is -2.53. The Balaban J connectivity index is 1.68. The first-order valence-electron chi connectivity index (χ1n) is 14.7. The van der Waals surface area contributed by atoms with Crippen LogP contribution in [-0.4, -0.2) is 50.4 Å². The third-order valence-electron chi connectivity index (χ3n) is 7.57. The predicted octanol–water partition coefficient (Wildman–Crippen LogP) is 5.46. The van der Waals surface area contributed by atoms with E-state index in [1.54, 1.807) is 42.5 Å². The summed E-state index contributed by atoms with van der Waals surface area (Å²) in [5.74, 6) is -0.100. The van der Waals surface area contributed by atoms with Gasteiger partial charge in [0.05, 0.1) is 17.2 Å². The van der Waals surface area contributed by atoms with E-state index in [9.17, 15) is 18.0 Å². The number of nitrogens with one attached hydrogen (secondary N) is 1. The Labute approximate surface area is 249 Å². The number of hydrogen-bond acceptors (Lipinski definition) is 5. The van der Waals surface area contributed by atoms with Crippen LogP contribution in [0.25, 0.3) is 0 Å². The Hall–Kier alpha value is -3.85. The van der Waals surface area contributed by atoms with Gasteiger partial charge in [-0.15, -0.1) is 0 Å². The number of ether oxygens (including phenoxy) is 1. The highest BCUT2D eigenvalue weighted by molar-refractivity contribution is 7.92. The van der Waals surface area contributed by atoms with Gasteiger partial charge in [-0.3, -0.25) is 13.9 Å². The molecule has 1 fully saturated rings. The molecule has 1 N–H and O–H groups in total. The summed E-state index contributed by atoms with van der Waals surface area (Å²) in [5.41, 5.74) is 2.27. The Morgan fingerprint density at radius 1 is 0.952 bits per heavy atom. The third kappa shape index (κ3) is 7.70. The molecule has 224 valence electrons. The van der Waals surface area contributed by atoms with Gasteiger partial charge in [0.15, 0.2) is 0 Å². The third-order valence-corrected chi connectivity index (χ3v) is 9.36. The van der Waals surface area contributed by atoms with Crippen LogP contribution in [0, 0.1) is 6.92 Å². The van der Waals surface area contributed by atoms with E-state index in [0.717, 1.165) is 41.1 Å². The highest BCUT2D eigenvalue weighted by Gasteiger charge is 2.34. The average Bonchev–Trinajstić information content (AvgIpc) is 3.49. The van der Waals surface area contributed by atoms with Crippen LogP contribution in [0.3, 0.4) is 0 Å². The monoisotopic (exact) mass is 591 g/mol. The minimum Gasteiger partial charge on any atom is -0.494 e. The molecule has 0 spiro atoms. The van der Waals surface area contributed by atoms with Crippen LogP contribution in [0.1, 0.15) is 57.1 Å². The van der Waals surface area contributed by atoms with Crippen molar-refractivity contribution in [1.82, 2.24) is 10.2 Å². The summed E-state index contributed by atoms with van der Waals surface area (Å²) in [7, 11) is -4.14. The molecular formula is C33H41N3O5S. The number of carbonyl (C=O) groups excluding carboxylic acids is 2. The quantitative estimate of drug-likeness (QED) is 0.285. The molecule has 8 nitrogen and oxygen atoms in total. The minimum atomic E-state index is -4.14. The van der Waals surface area contributed by atoms with E-state index >= 15 is 0 Å². The van der Waals surface area contributed by atoms with Gasteiger partial charge < -0.3 is 15.0 Å². The maximum absolute atomic E-state index is 14.2. The van der Waals surface area contributed by atoms with Crippen molar-refractivity contribution in [2.75, 3.05) is 17.5 Å². The lowest BCUT2D eigenvalue weighted by atomic mass is 10.1. The molecule has 9 heteroatoms. The van der Waals surface area contributed by atoms with Crippen molar-refractivity contribution in [3.63, 3.8) is 0 Å². The molecule has 3 aromatic carbocycles. The lowest BCUT2D eigenvalue weighted by molar-refractivity contribution is -0.140. The van der Waals surface area contributed by atoms with Gasteiger partial charge in [-0.2, -0.15) is 0 Å². The summed E-state index contributed by atoms with van der Waals surface area (Å²) in [6.45, 7) is 5.89. The molecule has 0 bridgehead atoms. The van der Waals surface area contributed by atoms with Crippen molar-refractivity contribution in [3.05, 3.63) is 90.0 Å². The molecule has 1 atom stereocenters. The fourth-order valence-electron chi connectivity index (χ4n) is 5.42. The van der Waals surface area contributed by atoms with Crippen LogP contribution >= 0.6 is 0 Å². The molecule has 0 unspecified atom stereocenters. The Bertz CT molecular complexity index is 1440. The van der Waals surface area contributed by atoms with Crippen molar-refractivity contribution in [2.24, 2.45) is 0 Å². The van der Waals surface area contributed by atoms with E-state index in [4.69, 9.17) is 4.74 Å². The van der Waals surface area contributed by atoms with Crippen LogP contribution in [0.2, 0.25) is 0 Å². The number of sulfonamides is 1. The van der Waals surface area contributed by atoms with Crippen LogP contribution in [0.4, 0.5) is 5.69 Å². The predicted molar refractivity (Wildman–Crippen MR) is 165 cm³/mol. The second-order valence-corrected chi connectivity index (χ2v) is 12.5. The maximum atomic E-state index is 14.2. The second kappa shape index (κ2) is 14.4. The zero-order chi connectivity index (χ0) is 30.1. The van der Waals surface area contributed by atoms with E-state index in [1.165, 1.54) is 17.0 Å². The summed E-state index contributed by atoms with van der Waals surface area (Å²) >= 11 is 0. The largest absolute Gasteiger partial charge is 0.494 e. The van der Waals surface area contributed by atoms with Gasteiger partial charge in [0.2, 0.25) is 11.8 Å². The topological polar surface area (TPSA) is 96.0 Å². The molecule has 0 radical (unpaired) electrons. The molecule has 4 rings (SSSR count). The van der Waals surface area contributed by atoms with Crippen molar-refractivity contribution in [2.45, 2.75) is 76.4 Å². The van der Waals surface area contributed by atoms with Crippen LogP contribution in [0.15, 0.2) is 83.8 Å². The number of hydrogen-bond donors (Lipinski definition) is 1. The first-order chi connectivity index (χ1) is 20.2. The first kappa shape index (κ1) is 31.1. The molecule has 42 heavy (non-hydrogen) atoms. The maximum Gasteiger partial charge on any atom is 0.264 e. The lowest BCUT2D eigenvalue weighted by Gasteiger charge is -2.33. The van der Waals surface area contributed by atoms with Crippen molar-refractivity contribution in [3.8, 4) is 5.75 Å². The van der Waals surface area contributed by atoms with Gasteiger partial charge in [0, 0.05) is 12.6 Å². The fourth-order valence-corrected chi connectivity index (χ4v) is 6.83.